The molecular weight excluding hydrogens is 303 g/mol. The van der Waals surface area contributed by atoms with Crippen LogP contribution < -0.4 is 0 Å². The molecule has 1 aliphatic heterocycles. The monoisotopic (exact) mass is 316 g/mol. The minimum absolute atomic E-state index is 0.267. The van der Waals surface area contributed by atoms with Gasteiger partial charge < -0.3 is 10.0 Å². The van der Waals surface area contributed by atoms with Gasteiger partial charge in [-0.15, -0.1) is 0 Å². The van der Waals surface area contributed by atoms with Gasteiger partial charge in [0, 0.05) is 32.7 Å². The summed E-state index contributed by atoms with van der Waals surface area (Å²) in [7, 11) is 0. The fourth-order valence-corrected chi connectivity index (χ4v) is 2.24. The Morgan fingerprint density at radius 1 is 1.33 bits per heavy atom. The zero-order valence-electron chi connectivity index (χ0n) is 9.77. The Balaban J connectivity index is 1.91. The third-order valence-corrected chi connectivity index (χ3v) is 3.68. The Morgan fingerprint density at radius 2 is 2.00 bits per heavy atom. The van der Waals surface area contributed by atoms with Crippen molar-refractivity contribution in [3.05, 3.63) is 34.1 Å². The number of hydrogen-bond acceptors (Lipinski definition) is 2. The smallest absolute Gasteiger partial charge is 0.407 e. The average Bonchev–Trinajstić information content (AvgIpc) is 2.34. The topological polar surface area (TPSA) is 43.8 Å². The lowest BCUT2D eigenvalue weighted by Crippen LogP contribution is -2.47. The molecule has 1 fully saturated rings. The summed E-state index contributed by atoms with van der Waals surface area (Å²) in [5.74, 6) is -0.267. The Kier molecular flexibility index (Phi) is 4.19. The summed E-state index contributed by atoms with van der Waals surface area (Å²) in [5, 5.41) is 8.83. The Bertz CT molecular complexity index is 448. The van der Waals surface area contributed by atoms with E-state index in [1.165, 1.54) is 11.0 Å². The molecule has 1 amide bonds. The van der Waals surface area contributed by atoms with E-state index < -0.39 is 6.09 Å². The first kappa shape index (κ1) is 13.3. The van der Waals surface area contributed by atoms with Crippen LogP contribution >= 0.6 is 15.9 Å². The van der Waals surface area contributed by atoms with E-state index in [1.807, 2.05) is 6.07 Å². The zero-order chi connectivity index (χ0) is 13.1. The van der Waals surface area contributed by atoms with Crippen LogP contribution in [0.1, 0.15) is 5.56 Å². The Hall–Kier alpha value is -1.14. The van der Waals surface area contributed by atoms with Crippen molar-refractivity contribution in [1.82, 2.24) is 9.80 Å². The molecule has 1 aromatic carbocycles. The van der Waals surface area contributed by atoms with Crippen LogP contribution in [0.15, 0.2) is 22.7 Å². The average molecular weight is 317 g/mol. The number of nitrogens with zero attached hydrogens (tertiary/aromatic N) is 2. The molecule has 0 radical (unpaired) electrons. The van der Waals surface area contributed by atoms with Crippen LogP contribution in [-0.2, 0) is 6.54 Å². The van der Waals surface area contributed by atoms with Gasteiger partial charge in [0.05, 0.1) is 4.47 Å². The summed E-state index contributed by atoms with van der Waals surface area (Å²) in [6.07, 6.45) is -0.871. The van der Waals surface area contributed by atoms with Gasteiger partial charge in [-0.25, -0.2) is 9.18 Å². The van der Waals surface area contributed by atoms with Crippen molar-refractivity contribution in [3.63, 3.8) is 0 Å². The lowest BCUT2D eigenvalue weighted by atomic mass is 10.2. The molecule has 0 bridgehead atoms. The van der Waals surface area contributed by atoms with Crippen LogP contribution in [0, 0.1) is 5.82 Å². The van der Waals surface area contributed by atoms with Gasteiger partial charge in [0.15, 0.2) is 0 Å². The molecule has 2 rings (SSSR count). The highest BCUT2D eigenvalue weighted by molar-refractivity contribution is 9.10. The number of amides is 1. The fourth-order valence-electron chi connectivity index (χ4n) is 1.99. The Labute approximate surface area is 113 Å². The lowest BCUT2D eigenvalue weighted by molar-refractivity contribution is 0.103. The van der Waals surface area contributed by atoms with Gasteiger partial charge >= 0.3 is 6.09 Å². The molecule has 0 saturated carbocycles. The van der Waals surface area contributed by atoms with E-state index in [4.69, 9.17) is 5.11 Å². The lowest BCUT2D eigenvalue weighted by Gasteiger charge is -2.33. The van der Waals surface area contributed by atoms with Crippen LogP contribution in [0.2, 0.25) is 0 Å². The highest BCUT2D eigenvalue weighted by Gasteiger charge is 2.20. The summed E-state index contributed by atoms with van der Waals surface area (Å²) < 4.78 is 13.8. The van der Waals surface area contributed by atoms with Crippen molar-refractivity contribution < 1.29 is 14.3 Å². The van der Waals surface area contributed by atoms with Gasteiger partial charge in [0.2, 0.25) is 0 Å². The van der Waals surface area contributed by atoms with Crippen LogP contribution in [0.3, 0.4) is 0 Å². The van der Waals surface area contributed by atoms with Gasteiger partial charge in [-0.3, -0.25) is 4.90 Å². The normalized spacial score (nSPS) is 16.9. The molecule has 0 aliphatic carbocycles. The molecule has 1 aromatic rings. The zero-order valence-corrected chi connectivity index (χ0v) is 11.4. The predicted octanol–water partition coefficient (Wildman–Crippen LogP) is 2.38. The molecular formula is C12H14BrFN2O2. The number of carbonyl (C=O) groups is 1. The van der Waals surface area contributed by atoms with Crippen LogP contribution in [0.4, 0.5) is 9.18 Å². The number of carboxylic acid groups (broad SMARTS) is 1. The molecule has 1 N–H and O–H groups in total. The Morgan fingerprint density at radius 3 is 2.56 bits per heavy atom. The van der Waals surface area contributed by atoms with E-state index in [9.17, 15) is 9.18 Å². The van der Waals surface area contributed by atoms with E-state index in [2.05, 4.69) is 20.8 Å². The molecule has 0 atom stereocenters. The van der Waals surface area contributed by atoms with E-state index >= 15 is 0 Å². The summed E-state index contributed by atoms with van der Waals surface area (Å²) >= 11 is 3.12. The predicted molar refractivity (Wildman–Crippen MR) is 69.0 cm³/mol. The largest absolute Gasteiger partial charge is 0.465 e. The number of benzene rings is 1. The van der Waals surface area contributed by atoms with Crippen molar-refractivity contribution in [2.45, 2.75) is 6.54 Å². The second-order valence-electron chi connectivity index (χ2n) is 4.29. The van der Waals surface area contributed by atoms with Gasteiger partial charge in [0.25, 0.3) is 0 Å². The van der Waals surface area contributed by atoms with E-state index in [0.717, 1.165) is 5.56 Å². The van der Waals surface area contributed by atoms with Gasteiger partial charge in [-0.2, -0.15) is 0 Å². The van der Waals surface area contributed by atoms with Crippen molar-refractivity contribution in [1.29, 1.82) is 0 Å². The minimum atomic E-state index is -0.871. The second-order valence-corrected chi connectivity index (χ2v) is 5.15. The summed E-state index contributed by atoms with van der Waals surface area (Å²) in [5.41, 5.74) is 0.902. The van der Waals surface area contributed by atoms with E-state index in [-0.39, 0.29) is 5.82 Å². The second kappa shape index (κ2) is 5.67. The number of hydrogen-bond donors (Lipinski definition) is 1. The maximum absolute atomic E-state index is 13.3. The molecule has 4 nitrogen and oxygen atoms in total. The van der Waals surface area contributed by atoms with Gasteiger partial charge in [-0.1, -0.05) is 6.07 Å². The van der Waals surface area contributed by atoms with Crippen LogP contribution in [0.5, 0.6) is 0 Å². The molecule has 1 aliphatic rings. The van der Waals surface area contributed by atoms with Gasteiger partial charge in [0.1, 0.15) is 5.82 Å². The van der Waals surface area contributed by atoms with Crippen LogP contribution in [0.25, 0.3) is 0 Å². The molecule has 1 saturated heterocycles. The molecule has 1 heterocycles. The molecule has 0 spiro atoms. The summed E-state index contributed by atoms with van der Waals surface area (Å²) in [4.78, 5) is 14.3. The standard InChI is InChI=1S/C12H14BrFN2O2/c13-10-2-1-9(7-11(10)14)8-15-3-5-16(6-4-15)12(17)18/h1-2,7H,3-6,8H2,(H,17,18). The first-order chi connectivity index (χ1) is 8.56. The highest BCUT2D eigenvalue weighted by Crippen LogP contribution is 2.18. The third-order valence-electron chi connectivity index (χ3n) is 3.03. The van der Waals surface area contributed by atoms with Crippen molar-refractivity contribution in [2.24, 2.45) is 0 Å². The molecule has 6 heteroatoms. The minimum Gasteiger partial charge on any atom is -0.465 e. The first-order valence-electron chi connectivity index (χ1n) is 5.70. The van der Waals surface area contributed by atoms with Crippen LogP contribution in [-0.4, -0.2) is 47.2 Å². The maximum Gasteiger partial charge on any atom is 0.407 e. The van der Waals surface area contributed by atoms with E-state index in [0.29, 0.717) is 37.2 Å². The van der Waals surface area contributed by atoms with Crippen molar-refractivity contribution in [3.8, 4) is 0 Å². The number of rotatable bonds is 2. The fraction of sp³-hybridized carbons (Fsp3) is 0.417. The maximum atomic E-state index is 13.3. The number of halogens is 2. The van der Waals surface area contributed by atoms with E-state index in [1.54, 1.807) is 6.07 Å². The molecule has 18 heavy (non-hydrogen) atoms. The van der Waals surface area contributed by atoms with Crippen molar-refractivity contribution in [2.75, 3.05) is 26.2 Å². The SMILES string of the molecule is O=C(O)N1CCN(Cc2ccc(Br)c(F)c2)CC1. The summed E-state index contributed by atoms with van der Waals surface area (Å²) in [6, 6.07) is 5.07. The molecule has 0 unspecified atom stereocenters. The quantitative estimate of drug-likeness (QED) is 0.911. The van der Waals surface area contributed by atoms with Crippen molar-refractivity contribution >= 4 is 22.0 Å². The molecule has 0 aromatic heterocycles. The molecule has 98 valence electrons. The number of piperazine rings is 1. The third kappa shape index (κ3) is 3.20. The highest BCUT2D eigenvalue weighted by atomic mass is 79.9. The summed E-state index contributed by atoms with van der Waals surface area (Å²) in [6.45, 7) is 3.04. The first-order valence-corrected chi connectivity index (χ1v) is 6.50. The van der Waals surface area contributed by atoms with Gasteiger partial charge in [-0.05, 0) is 33.6 Å².